The number of anilines is 2. The van der Waals surface area contributed by atoms with E-state index in [2.05, 4.69) is 10.3 Å². The van der Waals surface area contributed by atoms with Gasteiger partial charge in [0.15, 0.2) is 0 Å². The summed E-state index contributed by atoms with van der Waals surface area (Å²) in [7, 11) is 0. The van der Waals surface area contributed by atoms with Gasteiger partial charge in [0.05, 0.1) is 16.9 Å². The zero-order valence-electron chi connectivity index (χ0n) is 9.84. The highest BCUT2D eigenvalue weighted by Crippen LogP contribution is 2.18. The molecule has 0 spiro atoms. The van der Waals surface area contributed by atoms with Gasteiger partial charge in [-0.05, 0) is 12.1 Å². The minimum absolute atomic E-state index is 0.144. The number of nitrogen functional groups attached to an aromatic ring is 1. The molecule has 1 amide bonds. The standard InChI is InChI=1S/C12H11ClN4O2/c13-9-3-4-15-5-10(9)16-11(18)7-17-6-8(14)1-2-12(17)19/h1-6H,7,14H2,(H,16,18). The topological polar surface area (TPSA) is 90.0 Å². The van der Waals surface area contributed by atoms with Gasteiger partial charge >= 0.3 is 0 Å². The number of nitrogens with two attached hydrogens (primary N) is 1. The van der Waals surface area contributed by atoms with E-state index in [-0.39, 0.29) is 18.0 Å². The maximum absolute atomic E-state index is 11.8. The smallest absolute Gasteiger partial charge is 0.251 e. The molecule has 7 heteroatoms. The van der Waals surface area contributed by atoms with Gasteiger partial charge in [-0.1, -0.05) is 11.6 Å². The quantitative estimate of drug-likeness (QED) is 0.880. The number of halogens is 1. The van der Waals surface area contributed by atoms with Crippen molar-refractivity contribution in [2.45, 2.75) is 6.54 Å². The molecule has 0 aliphatic carbocycles. The second-order valence-corrected chi connectivity index (χ2v) is 4.24. The molecule has 98 valence electrons. The minimum Gasteiger partial charge on any atom is -0.398 e. The summed E-state index contributed by atoms with van der Waals surface area (Å²) in [5.74, 6) is -0.386. The predicted molar refractivity (Wildman–Crippen MR) is 73.0 cm³/mol. The van der Waals surface area contributed by atoms with Crippen LogP contribution in [0.3, 0.4) is 0 Å². The van der Waals surface area contributed by atoms with Crippen LogP contribution in [0.15, 0.2) is 41.6 Å². The molecule has 2 aromatic rings. The fourth-order valence-corrected chi connectivity index (χ4v) is 1.64. The van der Waals surface area contributed by atoms with Crippen LogP contribution in [-0.2, 0) is 11.3 Å². The lowest BCUT2D eigenvalue weighted by atomic mass is 10.4. The maximum Gasteiger partial charge on any atom is 0.251 e. The molecule has 0 aromatic carbocycles. The Kier molecular flexibility index (Phi) is 3.82. The summed E-state index contributed by atoms with van der Waals surface area (Å²) in [5.41, 5.74) is 6.06. The van der Waals surface area contributed by atoms with Crippen molar-refractivity contribution < 1.29 is 4.79 Å². The fraction of sp³-hybridized carbons (Fsp3) is 0.0833. The van der Waals surface area contributed by atoms with Gasteiger partial charge in [-0.25, -0.2) is 0 Å². The van der Waals surface area contributed by atoms with E-state index < -0.39 is 0 Å². The van der Waals surface area contributed by atoms with Crippen molar-refractivity contribution in [2.75, 3.05) is 11.1 Å². The van der Waals surface area contributed by atoms with Gasteiger partial charge in [-0.15, -0.1) is 0 Å². The second kappa shape index (κ2) is 5.53. The van der Waals surface area contributed by atoms with Crippen LogP contribution >= 0.6 is 11.6 Å². The Bertz CT molecular complexity index is 669. The Hall–Kier alpha value is -2.34. The number of carbonyl (C=O) groups excluding carboxylic acids is 1. The van der Waals surface area contributed by atoms with Crippen LogP contribution in [0.5, 0.6) is 0 Å². The Labute approximate surface area is 113 Å². The lowest BCUT2D eigenvalue weighted by Crippen LogP contribution is -2.27. The van der Waals surface area contributed by atoms with Gasteiger partial charge in [0, 0.05) is 24.1 Å². The monoisotopic (exact) mass is 278 g/mol. The molecule has 0 unspecified atom stereocenters. The molecule has 2 aromatic heterocycles. The largest absolute Gasteiger partial charge is 0.398 e. The van der Waals surface area contributed by atoms with E-state index in [4.69, 9.17) is 17.3 Å². The molecule has 0 aliphatic heterocycles. The molecule has 0 aliphatic rings. The van der Waals surface area contributed by atoms with Crippen LogP contribution in [0.4, 0.5) is 11.4 Å². The summed E-state index contributed by atoms with van der Waals surface area (Å²) >= 11 is 5.88. The molecule has 2 heterocycles. The van der Waals surface area contributed by atoms with Crippen LogP contribution < -0.4 is 16.6 Å². The summed E-state index contributed by atoms with van der Waals surface area (Å²) in [6.07, 6.45) is 4.36. The summed E-state index contributed by atoms with van der Waals surface area (Å²) < 4.78 is 1.22. The number of rotatable bonds is 3. The Balaban J connectivity index is 2.12. The molecular formula is C12H11ClN4O2. The molecule has 19 heavy (non-hydrogen) atoms. The predicted octanol–water partition coefficient (Wildman–Crippen LogP) is 1.12. The number of pyridine rings is 2. The lowest BCUT2D eigenvalue weighted by molar-refractivity contribution is -0.116. The van der Waals surface area contributed by atoms with E-state index in [1.165, 1.54) is 35.3 Å². The van der Waals surface area contributed by atoms with Crippen LogP contribution in [0.1, 0.15) is 0 Å². The van der Waals surface area contributed by atoms with Crippen molar-refractivity contribution in [3.05, 3.63) is 52.2 Å². The number of carbonyl (C=O) groups is 1. The lowest BCUT2D eigenvalue weighted by Gasteiger charge is -2.08. The first kappa shape index (κ1) is 13.1. The fourth-order valence-electron chi connectivity index (χ4n) is 1.49. The maximum atomic E-state index is 11.8. The molecular weight excluding hydrogens is 268 g/mol. The second-order valence-electron chi connectivity index (χ2n) is 3.83. The molecule has 0 saturated carbocycles. The number of nitrogens with one attached hydrogen (secondary N) is 1. The summed E-state index contributed by atoms with van der Waals surface area (Å²) in [6.45, 7) is -0.144. The first-order valence-corrected chi connectivity index (χ1v) is 5.79. The average Bonchev–Trinajstić information content (AvgIpc) is 2.37. The van der Waals surface area contributed by atoms with E-state index in [0.717, 1.165) is 0 Å². The van der Waals surface area contributed by atoms with Gasteiger partial charge in [0.25, 0.3) is 5.56 Å². The Morgan fingerprint density at radius 3 is 2.95 bits per heavy atom. The van der Waals surface area contributed by atoms with E-state index in [1.54, 1.807) is 6.07 Å². The molecule has 0 radical (unpaired) electrons. The van der Waals surface area contributed by atoms with Crippen LogP contribution in [0, 0.1) is 0 Å². The third kappa shape index (κ3) is 3.32. The van der Waals surface area contributed by atoms with E-state index in [0.29, 0.717) is 16.4 Å². The molecule has 3 N–H and O–H groups in total. The molecule has 0 saturated heterocycles. The third-order valence-electron chi connectivity index (χ3n) is 2.36. The number of nitrogens with zero attached hydrogens (tertiary/aromatic N) is 2. The highest BCUT2D eigenvalue weighted by atomic mass is 35.5. The normalized spacial score (nSPS) is 10.2. The zero-order valence-corrected chi connectivity index (χ0v) is 10.6. The number of aromatic nitrogens is 2. The summed E-state index contributed by atoms with van der Waals surface area (Å²) in [6, 6.07) is 4.35. The first-order valence-electron chi connectivity index (χ1n) is 5.41. The third-order valence-corrected chi connectivity index (χ3v) is 2.69. The van der Waals surface area contributed by atoms with Gasteiger partial charge in [0.2, 0.25) is 5.91 Å². The number of hydrogen-bond acceptors (Lipinski definition) is 4. The van der Waals surface area contributed by atoms with Crippen LogP contribution in [0.2, 0.25) is 5.02 Å². The van der Waals surface area contributed by atoms with Gasteiger partial charge in [-0.2, -0.15) is 0 Å². The van der Waals surface area contributed by atoms with Crippen molar-refractivity contribution in [1.82, 2.24) is 9.55 Å². The Morgan fingerprint density at radius 1 is 1.42 bits per heavy atom. The minimum atomic E-state index is -0.386. The molecule has 0 bridgehead atoms. The zero-order chi connectivity index (χ0) is 13.8. The van der Waals surface area contributed by atoms with Gasteiger partial charge in [0.1, 0.15) is 6.54 Å². The molecule has 6 nitrogen and oxygen atoms in total. The van der Waals surface area contributed by atoms with E-state index >= 15 is 0 Å². The molecule has 2 rings (SSSR count). The van der Waals surface area contributed by atoms with Crippen LogP contribution in [-0.4, -0.2) is 15.5 Å². The summed E-state index contributed by atoms with van der Waals surface area (Å²) in [4.78, 5) is 27.2. The van der Waals surface area contributed by atoms with Crippen LogP contribution in [0.25, 0.3) is 0 Å². The van der Waals surface area contributed by atoms with Crippen molar-refractivity contribution in [2.24, 2.45) is 0 Å². The Morgan fingerprint density at radius 2 is 2.21 bits per heavy atom. The average molecular weight is 279 g/mol. The number of hydrogen-bond donors (Lipinski definition) is 2. The van der Waals surface area contributed by atoms with Crippen molar-refractivity contribution >= 4 is 28.9 Å². The van der Waals surface area contributed by atoms with Crippen molar-refractivity contribution in [1.29, 1.82) is 0 Å². The van der Waals surface area contributed by atoms with E-state index in [1.807, 2.05) is 0 Å². The number of amides is 1. The van der Waals surface area contributed by atoms with Gasteiger partial charge < -0.3 is 15.6 Å². The molecule has 0 atom stereocenters. The summed E-state index contributed by atoms with van der Waals surface area (Å²) in [5, 5.41) is 2.95. The molecule has 0 fully saturated rings. The SMILES string of the molecule is Nc1ccc(=O)n(CC(=O)Nc2cnccc2Cl)c1. The van der Waals surface area contributed by atoms with Crippen molar-refractivity contribution in [3.63, 3.8) is 0 Å². The van der Waals surface area contributed by atoms with Crippen molar-refractivity contribution in [3.8, 4) is 0 Å². The van der Waals surface area contributed by atoms with E-state index in [9.17, 15) is 9.59 Å². The first-order chi connectivity index (χ1) is 9.06. The highest BCUT2D eigenvalue weighted by Gasteiger charge is 2.07. The highest BCUT2D eigenvalue weighted by molar-refractivity contribution is 6.33. The van der Waals surface area contributed by atoms with Gasteiger partial charge in [-0.3, -0.25) is 14.6 Å².